The van der Waals surface area contributed by atoms with Crippen LogP contribution in [0.1, 0.15) is 86.5 Å². The van der Waals surface area contributed by atoms with E-state index in [-0.39, 0.29) is 0 Å². The Labute approximate surface area is 230 Å². The van der Waals surface area contributed by atoms with Crippen LogP contribution in [0.25, 0.3) is 0 Å². The van der Waals surface area contributed by atoms with Gasteiger partial charge in [0.15, 0.2) is 11.7 Å². The molecule has 0 N–H and O–H groups in total. The van der Waals surface area contributed by atoms with Gasteiger partial charge in [-0.2, -0.15) is 0 Å². The minimum atomic E-state index is 0.364. The fraction of sp³-hybridized carbons (Fsp3) is 0.588. The Hall–Kier alpha value is -2.62. The van der Waals surface area contributed by atoms with Crippen molar-refractivity contribution in [3.05, 3.63) is 58.7 Å². The van der Waals surface area contributed by atoms with E-state index in [0.717, 1.165) is 24.8 Å². The predicted molar refractivity (Wildman–Crippen MR) is 162 cm³/mol. The van der Waals surface area contributed by atoms with Crippen LogP contribution in [-0.2, 0) is 0 Å². The number of rotatable bonds is 5. The summed E-state index contributed by atoms with van der Waals surface area (Å²) in [6, 6.07) is 14.7. The number of hydrogen-bond donors (Lipinski definition) is 0. The topological polar surface area (TPSA) is 31.2 Å². The van der Waals surface area contributed by atoms with Crippen LogP contribution < -0.4 is 9.80 Å². The molecule has 2 aliphatic carbocycles. The summed E-state index contributed by atoms with van der Waals surface area (Å²) in [5, 5.41) is 0. The van der Waals surface area contributed by atoms with Gasteiger partial charge >= 0.3 is 0 Å². The van der Waals surface area contributed by atoms with E-state index >= 15 is 0 Å². The van der Waals surface area contributed by atoms with Crippen molar-refractivity contribution in [2.24, 2.45) is 21.8 Å². The Bertz CT molecular complexity index is 1080. The highest BCUT2D eigenvalue weighted by atomic mass is 15.4. The number of benzene rings is 2. The van der Waals surface area contributed by atoms with Crippen molar-refractivity contribution in [2.45, 2.75) is 104 Å². The van der Waals surface area contributed by atoms with Gasteiger partial charge in [0.05, 0.1) is 12.1 Å². The van der Waals surface area contributed by atoms with Crippen LogP contribution in [0.2, 0.25) is 0 Å². The summed E-state index contributed by atoms with van der Waals surface area (Å²) in [4.78, 5) is 16.2. The molecular formula is C34H46N4. The molecule has 0 aromatic heterocycles. The van der Waals surface area contributed by atoms with Crippen LogP contribution >= 0.6 is 0 Å². The van der Waals surface area contributed by atoms with E-state index < -0.39 is 0 Å². The van der Waals surface area contributed by atoms with Gasteiger partial charge < -0.3 is 9.80 Å². The summed E-state index contributed by atoms with van der Waals surface area (Å²) in [6.07, 6.45) is 13.5. The molecule has 0 amide bonds. The molecule has 2 saturated carbocycles. The normalized spacial score (nSPS) is 25.2. The average molecular weight is 511 g/mol. The Kier molecular flexibility index (Phi) is 7.33. The van der Waals surface area contributed by atoms with Crippen molar-refractivity contribution >= 4 is 23.0 Å². The quantitative estimate of drug-likeness (QED) is 0.409. The molecule has 38 heavy (non-hydrogen) atoms. The first kappa shape index (κ1) is 25.6. The van der Waals surface area contributed by atoms with Gasteiger partial charge in [0.1, 0.15) is 0 Å². The van der Waals surface area contributed by atoms with Gasteiger partial charge in [0, 0.05) is 24.5 Å². The molecule has 4 nitrogen and oxygen atoms in total. The Morgan fingerprint density at radius 1 is 0.500 bits per heavy atom. The average Bonchev–Trinajstić information content (AvgIpc) is 3.54. The zero-order chi connectivity index (χ0) is 26.2. The number of aryl methyl sites for hydroxylation is 4. The van der Waals surface area contributed by atoms with Crippen LogP contribution in [0.3, 0.4) is 0 Å². The molecule has 6 rings (SSSR count). The van der Waals surface area contributed by atoms with Crippen molar-refractivity contribution < 1.29 is 0 Å². The number of amidine groups is 2. The van der Waals surface area contributed by atoms with Gasteiger partial charge in [-0.3, -0.25) is 9.98 Å². The zero-order valence-corrected chi connectivity index (χ0v) is 24.0. The molecule has 2 heterocycles. The standard InChI is InChI=1S/C34H46N4/c1-23-15-24(2)18-29(17-23)37-21-31(27-11-7-5-8-12-27)35-33(37)34-36-32(28-13-9-6-10-14-28)22-38(34)30-19-25(3)16-26(4)20-30/h15-20,27-28,31-32H,5-14,21-22H2,1-4H3/t31-,32+. The third-order valence-electron chi connectivity index (χ3n) is 9.45. The summed E-state index contributed by atoms with van der Waals surface area (Å²) in [7, 11) is 0. The molecule has 0 radical (unpaired) electrons. The fourth-order valence-electron chi connectivity index (χ4n) is 7.65. The largest absolute Gasteiger partial charge is 0.321 e. The first-order valence-corrected chi connectivity index (χ1v) is 15.3. The van der Waals surface area contributed by atoms with Gasteiger partial charge in [-0.05, 0) is 112 Å². The number of aliphatic imine (C=N–C) groups is 2. The van der Waals surface area contributed by atoms with E-state index in [2.05, 4.69) is 73.9 Å². The van der Waals surface area contributed by atoms with Crippen LogP contribution in [0.5, 0.6) is 0 Å². The molecule has 2 aromatic carbocycles. The van der Waals surface area contributed by atoms with Crippen LogP contribution in [0.15, 0.2) is 46.4 Å². The lowest BCUT2D eigenvalue weighted by molar-refractivity contribution is 0.315. The third-order valence-corrected chi connectivity index (χ3v) is 9.45. The fourth-order valence-corrected chi connectivity index (χ4v) is 7.65. The van der Waals surface area contributed by atoms with Gasteiger partial charge in [0.25, 0.3) is 0 Å². The minimum Gasteiger partial charge on any atom is -0.321 e. The SMILES string of the molecule is Cc1cc(C)cc(N2C[C@@H](C3CCCCC3)N=C2C2=N[C@@H](C3CCCCC3)CN2c2cc(C)cc(C)c2)c1. The molecule has 4 heteroatoms. The van der Waals surface area contributed by atoms with Crippen LogP contribution in [0.4, 0.5) is 11.4 Å². The van der Waals surface area contributed by atoms with E-state index in [1.807, 2.05) is 0 Å². The monoisotopic (exact) mass is 510 g/mol. The first-order valence-electron chi connectivity index (χ1n) is 15.3. The molecule has 202 valence electrons. The third kappa shape index (κ3) is 5.28. The Morgan fingerprint density at radius 2 is 0.842 bits per heavy atom. The van der Waals surface area contributed by atoms with Gasteiger partial charge in [0.2, 0.25) is 0 Å². The first-order chi connectivity index (χ1) is 18.4. The van der Waals surface area contributed by atoms with Crippen molar-refractivity contribution in [2.75, 3.05) is 22.9 Å². The Balaban J connectivity index is 1.43. The van der Waals surface area contributed by atoms with E-state index in [0.29, 0.717) is 23.9 Å². The lowest BCUT2D eigenvalue weighted by Crippen LogP contribution is -2.42. The van der Waals surface area contributed by atoms with Crippen LogP contribution in [-0.4, -0.2) is 36.8 Å². The van der Waals surface area contributed by atoms with Crippen molar-refractivity contribution in [3.8, 4) is 0 Å². The molecule has 2 aromatic rings. The Morgan fingerprint density at radius 3 is 1.18 bits per heavy atom. The maximum absolute atomic E-state index is 5.58. The number of hydrogen-bond acceptors (Lipinski definition) is 4. The molecule has 2 fully saturated rings. The lowest BCUT2D eigenvalue weighted by atomic mass is 9.84. The second-order valence-corrected chi connectivity index (χ2v) is 12.7. The molecule has 2 atom stereocenters. The zero-order valence-electron chi connectivity index (χ0n) is 24.0. The number of nitrogens with zero attached hydrogens (tertiary/aromatic N) is 4. The lowest BCUT2D eigenvalue weighted by Gasteiger charge is -2.29. The van der Waals surface area contributed by atoms with Gasteiger partial charge in [-0.25, -0.2) is 0 Å². The molecule has 4 aliphatic rings. The summed E-state index contributed by atoms with van der Waals surface area (Å²) in [6.45, 7) is 10.8. The van der Waals surface area contributed by atoms with Crippen molar-refractivity contribution in [1.82, 2.24) is 0 Å². The summed E-state index contributed by atoms with van der Waals surface area (Å²) in [5.41, 5.74) is 7.84. The molecule has 2 aliphatic heterocycles. The minimum absolute atomic E-state index is 0.364. The summed E-state index contributed by atoms with van der Waals surface area (Å²) < 4.78 is 0. The van der Waals surface area contributed by atoms with Crippen molar-refractivity contribution in [3.63, 3.8) is 0 Å². The molecule has 0 spiro atoms. The maximum atomic E-state index is 5.58. The van der Waals surface area contributed by atoms with E-state index in [9.17, 15) is 0 Å². The predicted octanol–water partition coefficient (Wildman–Crippen LogP) is 7.96. The smallest absolute Gasteiger partial charge is 0.172 e. The second kappa shape index (κ2) is 10.9. The van der Waals surface area contributed by atoms with Gasteiger partial charge in [-0.15, -0.1) is 0 Å². The van der Waals surface area contributed by atoms with E-state index in [1.165, 1.54) is 97.8 Å². The second-order valence-electron chi connectivity index (χ2n) is 12.7. The highest BCUT2D eigenvalue weighted by Crippen LogP contribution is 2.37. The maximum Gasteiger partial charge on any atom is 0.172 e. The highest BCUT2D eigenvalue weighted by Gasteiger charge is 2.41. The number of anilines is 2. The summed E-state index contributed by atoms with van der Waals surface area (Å²) >= 11 is 0. The molecular weight excluding hydrogens is 464 g/mol. The van der Waals surface area contributed by atoms with E-state index in [4.69, 9.17) is 9.98 Å². The molecule has 0 saturated heterocycles. The van der Waals surface area contributed by atoms with Crippen molar-refractivity contribution in [1.29, 1.82) is 0 Å². The molecule has 0 bridgehead atoms. The van der Waals surface area contributed by atoms with Gasteiger partial charge in [-0.1, -0.05) is 50.7 Å². The summed E-state index contributed by atoms with van der Waals surface area (Å²) in [5.74, 6) is 3.62. The van der Waals surface area contributed by atoms with E-state index in [1.54, 1.807) is 0 Å². The highest BCUT2D eigenvalue weighted by molar-refractivity contribution is 6.50. The van der Waals surface area contributed by atoms with Crippen LogP contribution in [0, 0.1) is 39.5 Å². The molecule has 0 unspecified atom stereocenters.